The van der Waals surface area contributed by atoms with Gasteiger partial charge in [0.2, 0.25) is 0 Å². The van der Waals surface area contributed by atoms with Crippen LogP contribution in [0.15, 0.2) is 315 Å². The molecule has 0 aliphatic carbocycles. The molecule has 82 heavy (non-hydrogen) atoms. The van der Waals surface area contributed by atoms with Crippen molar-refractivity contribution in [2.75, 3.05) is 4.90 Å². The van der Waals surface area contributed by atoms with E-state index in [1.54, 1.807) is 0 Å². The molecule has 0 bridgehead atoms. The lowest BCUT2D eigenvalue weighted by molar-refractivity contribution is 1.17. The lowest BCUT2D eigenvalue weighted by atomic mass is 9.98. The Morgan fingerprint density at radius 2 is 0.439 bits per heavy atom. The Labute approximate surface area is 475 Å². The van der Waals surface area contributed by atoms with Crippen LogP contribution in [0.2, 0.25) is 0 Å². The SMILES string of the molecule is c1ccc(-n2c3ccccc3c3cc(-c4ccc(-c5ccc(N(c6ccc(-c7ccc(-c8ccc9c%10ccccc%10n(-c%10ccccc%10)c9c8)cc7)cc6)c6ccc(-n7c8ccccc8c8ccccc87)cc6)cc5)cc4)ccc32)cc1. The summed E-state index contributed by atoms with van der Waals surface area (Å²) in [6, 6.07) is 115. The van der Waals surface area contributed by atoms with E-state index in [0.717, 1.165) is 39.6 Å². The van der Waals surface area contributed by atoms with Gasteiger partial charge in [0.05, 0.1) is 33.1 Å². The van der Waals surface area contributed by atoms with Crippen molar-refractivity contribution in [1.82, 2.24) is 13.7 Å². The zero-order chi connectivity index (χ0) is 54.1. The molecule has 0 spiro atoms. The summed E-state index contributed by atoms with van der Waals surface area (Å²) in [6.07, 6.45) is 0. The van der Waals surface area contributed by atoms with Gasteiger partial charge in [-0.15, -0.1) is 0 Å². The first-order chi connectivity index (χ1) is 40.7. The van der Waals surface area contributed by atoms with E-state index in [-0.39, 0.29) is 0 Å². The minimum Gasteiger partial charge on any atom is -0.311 e. The van der Waals surface area contributed by atoms with E-state index in [0.29, 0.717) is 0 Å². The van der Waals surface area contributed by atoms with Crippen molar-refractivity contribution >= 4 is 82.5 Å². The van der Waals surface area contributed by atoms with Crippen molar-refractivity contribution in [3.8, 4) is 61.6 Å². The van der Waals surface area contributed by atoms with E-state index in [1.807, 2.05) is 0 Å². The third-order valence-electron chi connectivity index (χ3n) is 16.7. The number of aromatic nitrogens is 3. The first kappa shape index (κ1) is 47.1. The molecule has 0 fully saturated rings. The second kappa shape index (κ2) is 19.5. The average Bonchev–Trinajstić information content (AvgIpc) is 4.36. The van der Waals surface area contributed by atoms with Gasteiger partial charge in [0.25, 0.3) is 0 Å². The molecule has 13 aromatic carbocycles. The zero-order valence-electron chi connectivity index (χ0n) is 44.8. The molecule has 3 aromatic heterocycles. The van der Waals surface area contributed by atoms with Crippen molar-refractivity contribution in [3.63, 3.8) is 0 Å². The number of hydrogen-bond donors (Lipinski definition) is 0. The summed E-state index contributed by atoms with van der Waals surface area (Å²) >= 11 is 0. The minimum atomic E-state index is 1.07. The summed E-state index contributed by atoms with van der Waals surface area (Å²) in [7, 11) is 0. The molecule has 0 aliphatic heterocycles. The molecule has 0 aliphatic rings. The Kier molecular flexibility index (Phi) is 11.2. The lowest BCUT2D eigenvalue weighted by Gasteiger charge is -2.26. The predicted octanol–water partition coefficient (Wildman–Crippen LogP) is 21.1. The second-order valence-corrected chi connectivity index (χ2v) is 21.3. The predicted molar refractivity (Wildman–Crippen MR) is 346 cm³/mol. The fraction of sp³-hybridized carbons (Fsp3) is 0. The van der Waals surface area contributed by atoms with E-state index in [2.05, 4.69) is 334 Å². The van der Waals surface area contributed by atoms with Gasteiger partial charge in [-0.3, -0.25) is 0 Å². The quantitative estimate of drug-likeness (QED) is 0.133. The standard InChI is InChI=1S/C78H52N4/c1-3-15-61(16-4-1)80-76-26-14-10-22-70(76)72-51-59(40-50-77(72)80)57-31-27-53(28-32-57)55-35-41-63(42-36-55)79(65-45-47-66(48-46-65)81-73-23-11-7-19-67(73)68-20-8-12-24-74(68)81)64-43-37-56(38-44-64)54-29-33-58(34-30-54)60-39-49-71-69-21-9-13-25-75(69)82(78(71)52-60)62-17-5-2-6-18-62/h1-52H. The molecule has 384 valence electrons. The van der Waals surface area contributed by atoms with Crippen molar-refractivity contribution in [3.05, 3.63) is 315 Å². The van der Waals surface area contributed by atoms with Gasteiger partial charge in [0.15, 0.2) is 0 Å². The normalized spacial score (nSPS) is 11.7. The maximum Gasteiger partial charge on any atom is 0.0547 e. The topological polar surface area (TPSA) is 18.0 Å². The van der Waals surface area contributed by atoms with E-state index < -0.39 is 0 Å². The summed E-state index contributed by atoms with van der Waals surface area (Å²) in [5.74, 6) is 0. The molecule has 0 saturated heterocycles. The number of fused-ring (bicyclic) bond motifs is 9. The monoisotopic (exact) mass is 1040 g/mol. The Balaban J connectivity index is 0.718. The summed E-state index contributed by atoms with van der Waals surface area (Å²) in [5, 5.41) is 7.52. The van der Waals surface area contributed by atoms with Crippen LogP contribution in [0.1, 0.15) is 0 Å². The van der Waals surface area contributed by atoms with Crippen molar-refractivity contribution in [2.24, 2.45) is 0 Å². The number of benzene rings is 13. The highest BCUT2D eigenvalue weighted by Gasteiger charge is 2.19. The van der Waals surface area contributed by atoms with Gasteiger partial charge in [-0.1, -0.05) is 200 Å². The van der Waals surface area contributed by atoms with Crippen LogP contribution in [0.25, 0.3) is 127 Å². The van der Waals surface area contributed by atoms with Crippen LogP contribution in [-0.2, 0) is 0 Å². The molecule has 16 aromatic rings. The van der Waals surface area contributed by atoms with Crippen LogP contribution in [0.5, 0.6) is 0 Å². The van der Waals surface area contributed by atoms with Gasteiger partial charge in [-0.05, 0) is 160 Å². The molecular weight excluding hydrogens is 993 g/mol. The molecule has 0 radical (unpaired) electrons. The third-order valence-corrected chi connectivity index (χ3v) is 16.7. The fourth-order valence-electron chi connectivity index (χ4n) is 12.7. The smallest absolute Gasteiger partial charge is 0.0547 e. The fourth-order valence-corrected chi connectivity index (χ4v) is 12.7. The minimum absolute atomic E-state index is 1.07. The zero-order valence-corrected chi connectivity index (χ0v) is 44.8. The molecule has 0 unspecified atom stereocenters. The van der Waals surface area contributed by atoms with Crippen LogP contribution in [-0.4, -0.2) is 13.7 Å². The summed E-state index contributed by atoms with van der Waals surface area (Å²) in [6.45, 7) is 0. The average molecular weight is 1050 g/mol. The largest absolute Gasteiger partial charge is 0.311 e. The molecule has 0 atom stereocenters. The number of nitrogens with zero attached hydrogens (tertiary/aromatic N) is 4. The summed E-state index contributed by atoms with van der Waals surface area (Å²) in [5.41, 5.74) is 23.3. The number of para-hydroxylation sites is 6. The van der Waals surface area contributed by atoms with Crippen molar-refractivity contribution < 1.29 is 0 Å². The van der Waals surface area contributed by atoms with E-state index >= 15 is 0 Å². The Bertz CT molecular complexity index is 4980. The van der Waals surface area contributed by atoms with Crippen LogP contribution < -0.4 is 4.90 Å². The van der Waals surface area contributed by atoms with Crippen LogP contribution in [0.4, 0.5) is 17.1 Å². The first-order valence-electron chi connectivity index (χ1n) is 28.1. The van der Waals surface area contributed by atoms with E-state index in [1.165, 1.54) is 104 Å². The van der Waals surface area contributed by atoms with Gasteiger partial charge in [0, 0.05) is 66.4 Å². The van der Waals surface area contributed by atoms with Gasteiger partial charge in [-0.2, -0.15) is 0 Å². The molecular formula is C78H52N4. The van der Waals surface area contributed by atoms with Crippen LogP contribution in [0.3, 0.4) is 0 Å². The molecule has 0 saturated carbocycles. The molecule has 4 nitrogen and oxygen atoms in total. The second-order valence-electron chi connectivity index (χ2n) is 21.3. The number of rotatable bonds is 10. The van der Waals surface area contributed by atoms with Gasteiger partial charge in [-0.25, -0.2) is 0 Å². The van der Waals surface area contributed by atoms with E-state index in [4.69, 9.17) is 0 Å². The highest BCUT2D eigenvalue weighted by atomic mass is 15.1. The van der Waals surface area contributed by atoms with E-state index in [9.17, 15) is 0 Å². The highest BCUT2D eigenvalue weighted by molar-refractivity contribution is 6.12. The molecule has 4 heteroatoms. The van der Waals surface area contributed by atoms with Gasteiger partial charge >= 0.3 is 0 Å². The van der Waals surface area contributed by atoms with Crippen LogP contribution >= 0.6 is 0 Å². The lowest BCUT2D eigenvalue weighted by Crippen LogP contribution is -2.10. The maximum absolute atomic E-state index is 2.38. The number of anilines is 3. The Morgan fingerprint density at radius 1 is 0.171 bits per heavy atom. The van der Waals surface area contributed by atoms with Crippen molar-refractivity contribution in [1.29, 1.82) is 0 Å². The van der Waals surface area contributed by atoms with Gasteiger partial charge < -0.3 is 18.6 Å². The molecule has 16 rings (SSSR count). The third kappa shape index (κ3) is 7.91. The first-order valence-corrected chi connectivity index (χ1v) is 28.1. The molecule has 3 heterocycles. The number of hydrogen-bond acceptors (Lipinski definition) is 1. The maximum atomic E-state index is 2.38. The summed E-state index contributed by atoms with van der Waals surface area (Å²) < 4.78 is 7.13. The molecule has 0 N–H and O–H groups in total. The summed E-state index contributed by atoms with van der Waals surface area (Å²) in [4.78, 5) is 2.37. The van der Waals surface area contributed by atoms with Crippen LogP contribution in [0, 0.1) is 0 Å². The Morgan fingerprint density at radius 3 is 0.866 bits per heavy atom. The van der Waals surface area contributed by atoms with Gasteiger partial charge in [0.1, 0.15) is 0 Å². The highest BCUT2D eigenvalue weighted by Crippen LogP contribution is 2.41. The molecule has 0 amide bonds. The Hall–Kier alpha value is -10.9. The van der Waals surface area contributed by atoms with Crippen molar-refractivity contribution in [2.45, 2.75) is 0 Å².